The molecule has 2 rings (SSSR count). The minimum absolute atomic E-state index is 0.00560. The highest BCUT2D eigenvalue weighted by Gasteiger charge is 2.25. The molecule has 0 aromatic heterocycles. The van der Waals surface area contributed by atoms with Crippen LogP contribution in [-0.4, -0.2) is 13.2 Å². The van der Waals surface area contributed by atoms with E-state index in [1.54, 1.807) is 19.2 Å². The number of methoxy groups -OCH3 is 1. The number of para-hydroxylation sites is 1. The fraction of sp³-hybridized carbons (Fsp3) is 0.500. The molecule has 1 aromatic carbocycles. The van der Waals surface area contributed by atoms with E-state index in [2.05, 4.69) is 17.5 Å². The topological polar surface area (TPSA) is 68.8 Å². The number of hydrogen-bond donors (Lipinski definition) is 1. The van der Waals surface area contributed by atoms with E-state index in [0.717, 1.165) is 25.7 Å². The molecule has 0 spiro atoms. The van der Waals surface area contributed by atoms with Gasteiger partial charge < -0.3 is 10.1 Å². The summed E-state index contributed by atoms with van der Waals surface area (Å²) in [6.07, 6.45) is 5.28. The van der Waals surface area contributed by atoms with E-state index in [1.807, 2.05) is 6.07 Å². The summed E-state index contributed by atoms with van der Waals surface area (Å²) in [4.78, 5) is 0. The zero-order valence-electron chi connectivity index (χ0n) is 11.7. The minimum atomic E-state index is -0.00560. The van der Waals surface area contributed by atoms with Crippen LogP contribution in [-0.2, 0) is 0 Å². The number of hydrogen-bond acceptors (Lipinski definition) is 4. The molecule has 1 fully saturated rings. The van der Waals surface area contributed by atoms with Crippen LogP contribution >= 0.6 is 0 Å². The van der Waals surface area contributed by atoms with Crippen molar-refractivity contribution in [3.63, 3.8) is 0 Å². The molecule has 0 aliphatic heterocycles. The molecule has 20 heavy (non-hydrogen) atoms. The van der Waals surface area contributed by atoms with Crippen molar-refractivity contribution in [2.24, 2.45) is 5.92 Å². The molecule has 104 valence electrons. The van der Waals surface area contributed by atoms with Gasteiger partial charge in [0.05, 0.1) is 30.3 Å². The molecule has 1 aromatic rings. The number of rotatable bonds is 3. The molecular formula is C16H19N3O. The summed E-state index contributed by atoms with van der Waals surface area (Å²) >= 11 is 0. The Bertz CT molecular complexity index is 542. The number of ether oxygens (including phenoxy) is 1. The Balaban J connectivity index is 2.28. The predicted octanol–water partition coefficient (Wildman–Crippen LogP) is 3.45. The quantitative estimate of drug-likeness (QED) is 0.853. The summed E-state index contributed by atoms with van der Waals surface area (Å²) in [5.74, 6) is 0.652. The first-order valence-corrected chi connectivity index (χ1v) is 7.03. The van der Waals surface area contributed by atoms with Crippen LogP contribution < -0.4 is 10.1 Å². The van der Waals surface area contributed by atoms with Crippen LogP contribution in [0.25, 0.3) is 0 Å². The molecule has 4 heteroatoms. The summed E-state index contributed by atoms with van der Waals surface area (Å²) in [7, 11) is 1.59. The lowest BCUT2D eigenvalue weighted by Gasteiger charge is -2.24. The normalized spacial score (nSPS) is 22.1. The zero-order chi connectivity index (χ0) is 14.4. The number of nitrogens with zero attached hydrogens (tertiary/aromatic N) is 2. The third-order valence-electron chi connectivity index (χ3n) is 3.88. The Morgan fingerprint density at radius 3 is 2.70 bits per heavy atom. The van der Waals surface area contributed by atoms with Gasteiger partial charge in [-0.2, -0.15) is 10.5 Å². The lowest BCUT2D eigenvalue weighted by molar-refractivity contribution is 0.414. The molecule has 4 nitrogen and oxygen atoms in total. The van der Waals surface area contributed by atoms with Crippen molar-refractivity contribution >= 4 is 5.69 Å². The highest BCUT2D eigenvalue weighted by molar-refractivity contribution is 5.66. The van der Waals surface area contributed by atoms with Gasteiger partial charge in [0.15, 0.2) is 0 Å². The zero-order valence-corrected chi connectivity index (χ0v) is 11.7. The van der Waals surface area contributed by atoms with Gasteiger partial charge in [-0.3, -0.25) is 0 Å². The largest absolute Gasteiger partial charge is 0.495 e. The van der Waals surface area contributed by atoms with Crippen LogP contribution in [0.4, 0.5) is 5.69 Å². The molecular weight excluding hydrogens is 250 g/mol. The van der Waals surface area contributed by atoms with E-state index in [-0.39, 0.29) is 12.0 Å². The van der Waals surface area contributed by atoms with E-state index in [1.165, 1.54) is 6.42 Å². The number of nitriles is 2. The average molecular weight is 269 g/mol. The van der Waals surface area contributed by atoms with Crippen molar-refractivity contribution < 1.29 is 4.74 Å². The van der Waals surface area contributed by atoms with E-state index >= 15 is 0 Å². The maximum Gasteiger partial charge on any atom is 0.143 e. The third-order valence-corrected chi connectivity index (χ3v) is 3.88. The molecule has 1 aliphatic rings. The molecule has 1 aliphatic carbocycles. The van der Waals surface area contributed by atoms with Crippen molar-refractivity contribution in [3.8, 4) is 17.9 Å². The molecule has 0 amide bonds. The number of benzene rings is 1. The van der Waals surface area contributed by atoms with Crippen LogP contribution in [0.5, 0.6) is 5.75 Å². The molecule has 0 heterocycles. The Labute approximate surface area is 120 Å². The van der Waals surface area contributed by atoms with Crippen molar-refractivity contribution in [2.45, 2.75) is 38.1 Å². The van der Waals surface area contributed by atoms with Crippen molar-refractivity contribution in [2.75, 3.05) is 12.4 Å². The standard InChI is InChI=1S/C16H19N3O/c1-20-15-9-5-7-13(11-18)16(15)19-14-8-4-2-3-6-12(14)10-17/h5,7,9,12,14,19H,2-4,6,8H2,1H3. The fourth-order valence-electron chi connectivity index (χ4n) is 2.76. The van der Waals surface area contributed by atoms with E-state index in [0.29, 0.717) is 17.0 Å². The SMILES string of the molecule is COc1cccc(C#N)c1NC1CCCCCC1C#N. The Hall–Kier alpha value is -2.20. The maximum absolute atomic E-state index is 9.33. The smallest absolute Gasteiger partial charge is 0.143 e. The van der Waals surface area contributed by atoms with Crippen molar-refractivity contribution in [3.05, 3.63) is 23.8 Å². The minimum Gasteiger partial charge on any atom is -0.495 e. The number of nitrogens with one attached hydrogen (secondary N) is 1. The molecule has 2 atom stereocenters. The van der Waals surface area contributed by atoms with Gasteiger partial charge in [-0.1, -0.05) is 25.3 Å². The van der Waals surface area contributed by atoms with Gasteiger partial charge in [0.2, 0.25) is 0 Å². The second-order valence-electron chi connectivity index (χ2n) is 5.12. The van der Waals surface area contributed by atoms with Gasteiger partial charge in [-0.05, 0) is 25.0 Å². The van der Waals surface area contributed by atoms with Gasteiger partial charge >= 0.3 is 0 Å². The van der Waals surface area contributed by atoms with Gasteiger partial charge in [0, 0.05) is 6.04 Å². The van der Waals surface area contributed by atoms with Crippen molar-refractivity contribution in [1.29, 1.82) is 10.5 Å². The van der Waals surface area contributed by atoms with Crippen molar-refractivity contribution in [1.82, 2.24) is 0 Å². The summed E-state index contributed by atoms with van der Waals surface area (Å²) < 4.78 is 5.33. The summed E-state index contributed by atoms with van der Waals surface area (Å²) in [5.41, 5.74) is 1.27. The van der Waals surface area contributed by atoms with Gasteiger partial charge in [-0.15, -0.1) is 0 Å². The highest BCUT2D eigenvalue weighted by atomic mass is 16.5. The van der Waals surface area contributed by atoms with E-state index in [4.69, 9.17) is 4.74 Å². The van der Waals surface area contributed by atoms with Gasteiger partial charge in [-0.25, -0.2) is 0 Å². The Morgan fingerprint density at radius 2 is 2.00 bits per heavy atom. The molecule has 1 N–H and O–H groups in total. The number of anilines is 1. The maximum atomic E-state index is 9.33. The van der Waals surface area contributed by atoms with Crippen LogP contribution in [0.3, 0.4) is 0 Å². The lowest BCUT2D eigenvalue weighted by Crippen LogP contribution is -2.27. The molecule has 0 saturated heterocycles. The summed E-state index contributed by atoms with van der Waals surface area (Å²) in [6.45, 7) is 0. The fourth-order valence-corrected chi connectivity index (χ4v) is 2.76. The monoisotopic (exact) mass is 269 g/mol. The Morgan fingerprint density at radius 1 is 1.20 bits per heavy atom. The first-order valence-electron chi connectivity index (χ1n) is 7.03. The second kappa shape index (κ2) is 6.82. The summed E-state index contributed by atoms with van der Waals surface area (Å²) in [6, 6.07) is 10.1. The molecule has 0 bridgehead atoms. The van der Waals surface area contributed by atoms with E-state index < -0.39 is 0 Å². The van der Waals surface area contributed by atoms with Gasteiger partial charge in [0.25, 0.3) is 0 Å². The average Bonchev–Trinajstić information content (AvgIpc) is 2.72. The van der Waals surface area contributed by atoms with Crippen LogP contribution in [0, 0.1) is 28.6 Å². The van der Waals surface area contributed by atoms with Crippen LogP contribution in [0.1, 0.15) is 37.7 Å². The van der Waals surface area contributed by atoms with Crippen LogP contribution in [0.15, 0.2) is 18.2 Å². The molecule has 1 saturated carbocycles. The Kier molecular flexibility index (Phi) is 4.85. The highest BCUT2D eigenvalue weighted by Crippen LogP contribution is 2.32. The third kappa shape index (κ3) is 3.03. The predicted molar refractivity (Wildman–Crippen MR) is 77.3 cm³/mol. The van der Waals surface area contributed by atoms with E-state index in [9.17, 15) is 10.5 Å². The van der Waals surface area contributed by atoms with Gasteiger partial charge in [0.1, 0.15) is 11.8 Å². The molecule has 0 radical (unpaired) electrons. The second-order valence-corrected chi connectivity index (χ2v) is 5.12. The van der Waals surface area contributed by atoms with Crippen LogP contribution in [0.2, 0.25) is 0 Å². The summed E-state index contributed by atoms with van der Waals surface area (Å²) in [5, 5.41) is 22.0. The molecule has 2 unspecified atom stereocenters. The lowest BCUT2D eigenvalue weighted by atomic mass is 9.95. The first kappa shape index (κ1) is 14.2. The first-order chi connectivity index (χ1) is 9.80.